The van der Waals surface area contributed by atoms with Crippen molar-refractivity contribution in [1.82, 2.24) is 5.43 Å². The molecule has 5 nitrogen and oxygen atoms in total. The minimum Gasteiger partial charge on any atom is -0.496 e. The van der Waals surface area contributed by atoms with Crippen LogP contribution in [0.2, 0.25) is 0 Å². The fraction of sp³-hybridized carbons (Fsp3) is 0.0625. The van der Waals surface area contributed by atoms with Crippen molar-refractivity contribution in [3.63, 3.8) is 0 Å². The molecule has 0 aliphatic carbocycles. The molecule has 0 saturated heterocycles. The van der Waals surface area contributed by atoms with Gasteiger partial charge in [0.15, 0.2) is 5.11 Å². The number of rotatable bonds is 4. The van der Waals surface area contributed by atoms with Gasteiger partial charge in [0.1, 0.15) is 5.75 Å². The van der Waals surface area contributed by atoms with E-state index in [0.717, 1.165) is 17.0 Å². The average molecular weight is 310 g/mol. The first-order valence-electron chi connectivity index (χ1n) is 6.46. The van der Waals surface area contributed by atoms with Gasteiger partial charge in [-0.2, -0.15) is 10.4 Å². The first-order chi connectivity index (χ1) is 10.7. The molecular formula is C16H14N4OS. The fourth-order valence-electron chi connectivity index (χ4n) is 1.72. The Morgan fingerprint density at radius 2 is 1.95 bits per heavy atom. The Morgan fingerprint density at radius 1 is 1.23 bits per heavy atom. The molecule has 2 N–H and O–H groups in total. The van der Waals surface area contributed by atoms with Crippen LogP contribution in [0.4, 0.5) is 5.69 Å². The Kier molecular flexibility index (Phi) is 5.46. The van der Waals surface area contributed by atoms with Crippen molar-refractivity contribution in [2.45, 2.75) is 0 Å². The summed E-state index contributed by atoms with van der Waals surface area (Å²) in [6.07, 6.45) is 1.63. The summed E-state index contributed by atoms with van der Waals surface area (Å²) in [5, 5.41) is 16.1. The van der Waals surface area contributed by atoms with E-state index < -0.39 is 0 Å². The van der Waals surface area contributed by atoms with Gasteiger partial charge < -0.3 is 10.1 Å². The molecule has 0 atom stereocenters. The molecule has 6 heteroatoms. The summed E-state index contributed by atoms with van der Waals surface area (Å²) in [6.45, 7) is 0. The molecule has 0 fully saturated rings. The van der Waals surface area contributed by atoms with Gasteiger partial charge in [0.05, 0.1) is 25.0 Å². The summed E-state index contributed by atoms with van der Waals surface area (Å²) in [5.41, 5.74) is 4.95. The zero-order valence-corrected chi connectivity index (χ0v) is 12.7. The van der Waals surface area contributed by atoms with Crippen LogP contribution in [-0.2, 0) is 0 Å². The number of hydrazone groups is 1. The van der Waals surface area contributed by atoms with Crippen molar-refractivity contribution >= 4 is 29.2 Å². The van der Waals surface area contributed by atoms with Gasteiger partial charge in [-0.3, -0.25) is 5.43 Å². The molecule has 0 amide bonds. The molecule has 0 aromatic heterocycles. The van der Waals surface area contributed by atoms with Crippen molar-refractivity contribution < 1.29 is 4.74 Å². The van der Waals surface area contributed by atoms with E-state index in [1.807, 2.05) is 24.3 Å². The Morgan fingerprint density at radius 3 is 2.64 bits per heavy atom. The quantitative estimate of drug-likeness (QED) is 0.516. The number of anilines is 1. The highest BCUT2D eigenvalue weighted by molar-refractivity contribution is 7.80. The summed E-state index contributed by atoms with van der Waals surface area (Å²) in [4.78, 5) is 0. The predicted molar refractivity (Wildman–Crippen MR) is 91.1 cm³/mol. The molecular weight excluding hydrogens is 296 g/mol. The second-order valence-electron chi connectivity index (χ2n) is 4.26. The van der Waals surface area contributed by atoms with Crippen molar-refractivity contribution in [3.05, 3.63) is 59.7 Å². The molecule has 0 bridgehead atoms. The Balaban J connectivity index is 1.92. The molecule has 2 rings (SSSR count). The molecule has 0 heterocycles. The maximum Gasteiger partial charge on any atom is 0.191 e. The third-order valence-electron chi connectivity index (χ3n) is 2.78. The molecule has 2 aromatic rings. The molecule has 0 aliphatic heterocycles. The lowest BCUT2D eigenvalue weighted by atomic mass is 10.2. The summed E-state index contributed by atoms with van der Waals surface area (Å²) in [6, 6.07) is 16.6. The van der Waals surface area contributed by atoms with Crippen LogP contribution in [0.5, 0.6) is 5.75 Å². The largest absolute Gasteiger partial charge is 0.496 e. The van der Waals surface area contributed by atoms with Crippen LogP contribution in [0.25, 0.3) is 0 Å². The van der Waals surface area contributed by atoms with E-state index in [-0.39, 0.29) is 0 Å². The van der Waals surface area contributed by atoms with Crippen molar-refractivity contribution in [1.29, 1.82) is 5.26 Å². The zero-order chi connectivity index (χ0) is 15.8. The number of benzene rings is 2. The molecule has 0 radical (unpaired) electrons. The van der Waals surface area contributed by atoms with Crippen LogP contribution in [0.1, 0.15) is 11.1 Å². The number of hydrogen-bond donors (Lipinski definition) is 2. The fourth-order valence-corrected chi connectivity index (χ4v) is 1.89. The Labute approximate surface area is 134 Å². The Hall–Kier alpha value is -2.91. The van der Waals surface area contributed by atoms with Gasteiger partial charge >= 0.3 is 0 Å². The average Bonchev–Trinajstić information content (AvgIpc) is 2.56. The third-order valence-corrected chi connectivity index (χ3v) is 2.97. The third kappa shape index (κ3) is 4.30. The van der Waals surface area contributed by atoms with Gasteiger partial charge in [-0.05, 0) is 48.6 Å². The maximum atomic E-state index is 8.74. The van der Waals surface area contributed by atoms with Gasteiger partial charge in [0.25, 0.3) is 0 Å². The second kappa shape index (κ2) is 7.76. The number of nitrogens with zero attached hydrogens (tertiary/aromatic N) is 2. The van der Waals surface area contributed by atoms with Gasteiger partial charge in [0.2, 0.25) is 0 Å². The van der Waals surface area contributed by atoms with Gasteiger partial charge in [-0.25, -0.2) is 0 Å². The first kappa shape index (κ1) is 15.5. The minimum atomic E-state index is 0.357. The normalized spacial score (nSPS) is 10.0. The van der Waals surface area contributed by atoms with Crippen molar-refractivity contribution in [2.75, 3.05) is 12.4 Å². The highest BCUT2D eigenvalue weighted by Gasteiger charge is 1.99. The molecule has 0 unspecified atom stereocenters. The zero-order valence-electron chi connectivity index (χ0n) is 11.9. The van der Waals surface area contributed by atoms with Crippen LogP contribution in [0.3, 0.4) is 0 Å². The predicted octanol–water partition coefficient (Wildman–Crippen LogP) is 2.89. The number of thiocarbonyl (C=S) groups is 1. The molecule has 0 saturated carbocycles. The summed E-state index contributed by atoms with van der Waals surface area (Å²) in [5.74, 6) is 0.735. The number of para-hydroxylation sites is 1. The highest BCUT2D eigenvalue weighted by atomic mass is 32.1. The second-order valence-corrected chi connectivity index (χ2v) is 4.66. The number of methoxy groups -OCH3 is 1. The molecule has 2 aromatic carbocycles. The maximum absolute atomic E-state index is 8.74. The lowest BCUT2D eigenvalue weighted by Crippen LogP contribution is -2.23. The van der Waals surface area contributed by atoms with E-state index in [4.69, 9.17) is 22.2 Å². The topological polar surface area (TPSA) is 69.4 Å². The van der Waals surface area contributed by atoms with Crippen molar-refractivity contribution in [2.24, 2.45) is 5.10 Å². The van der Waals surface area contributed by atoms with E-state index >= 15 is 0 Å². The highest BCUT2D eigenvalue weighted by Crippen LogP contribution is 2.14. The SMILES string of the molecule is COc1ccccc1/C=N/NC(=S)Nc1ccc(C#N)cc1. The van der Waals surface area contributed by atoms with Gasteiger partial charge in [-0.1, -0.05) is 12.1 Å². The number of ether oxygens (including phenoxy) is 1. The molecule has 0 spiro atoms. The smallest absolute Gasteiger partial charge is 0.191 e. The minimum absolute atomic E-state index is 0.357. The summed E-state index contributed by atoms with van der Waals surface area (Å²) >= 11 is 5.14. The number of hydrogen-bond acceptors (Lipinski definition) is 4. The van der Waals surface area contributed by atoms with Crippen LogP contribution in [0, 0.1) is 11.3 Å². The monoisotopic (exact) mass is 310 g/mol. The molecule has 0 aliphatic rings. The van der Waals surface area contributed by atoms with Crippen LogP contribution >= 0.6 is 12.2 Å². The van der Waals surface area contributed by atoms with E-state index in [2.05, 4.69) is 21.9 Å². The standard InChI is InChI=1S/C16H14N4OS/c1-21-15-5-3-2-4-13(15)11-18-20-16(22)19-14-8-6-12(10-17)7-9-14/h2-9,11H,1H3,(H2,19,20,22)/b18-11+. The summed E-state index contributed by atoms with van der Waals surface area (Å²) < 4.78 is 5.23. The summed E-state index contributed by atoms with van der Waals surface area (Å²) in [7, 11) is 1.61. The lowest BCUT2D eigenvalue weighted by Gasteiger charge is -2.07. The van der Waals surface area contributed by atoms with Crippen LogP contribution in [0.15, 0.2) is 53.6 Å². The van der Waals surface area contributed by atoms with Gasteiger partial charge in [0, 0.05) is 11.3 Å². The first-order valence-corrected chi connectivity index (χ1v) is 6.87. The number of nitriles is 1. The van der Waals surface area contributed by atoms with E-state index in [1.54, 1.807) is 37.6 Å². The lowest BCUT2D eigenvalue weighted by molar-refractivity contribution is 0.414. The van der Waals surface area contributed by atoms with Crippen LogP contribution in [-0.4, -0.2) is 18.4 Å². The molecule has 110 valence electrons. The van der Waals surface area contributed by atoms with Crippen molar-refractivity contribution in [3.8, 4) is 11.8 Å². The van der Waals surface area contributed by atoms with E-state index in [9.17, 15) is 0 Å². The van der Waals surface area contributed by atoms with E-state index in [0.29, 0.717) is 10.7 Å². The number of nitrogens with one attached hydrogen (secondary N) is 2. The molecule has 22 heavy (non-hydrogen) atoms. The Bertz CT molecular complexity index is 720. The van der Waals surface area contributed by atoms with E-state index in [1.165, 1.54) is 0 Å². The van der Waals surface area contributed by atoms with Gasteiger partial charge in [-0.15, -0.1) is 0 Å². The van der Waals surface area contributed by atoms with Crippen LogP contribution < -0.4 is 15.5 Å².